The molecule has 0 fully saturated rings. The van der Waals surface area contributed by atoms with Crippen LogP contribution in [0.1, 0.15) is 16.1 Å². The van der Waals surface area contributed by atoms with E-state index in [0.29, 0.717) is 11.9 Å². The third kappa shape index (κ3) is 2.21. The molecule has 5 nitrogen and oxygen atoms in total. The van der Waals surface area contributed by atoms with E-state index in [4.69, 9.17) is 10.00 Å². The molecule has 2 heterocycles. The Kier molecular flexibility index (Phi) is 3.09. The number of ether oxygens (including phenoxy) is 1. The van der Waals surface area contributed by atoms with Crippen LogP contribution in [0, 0.1) is 17.1 Å². The van der Waals surface area contributed by atoms with Crippen molar-refractivity contribution in [2.45, 2.75) is 0 Å². The molecule has 0 N–H and O–H groups in total. The highest BCUT2D eigenvalue weighted by Gasteiger charge is 2.15. The Morgan fingerprint density at radius 1 is 1.33 bits per heavy atom. The molecule has 3 rings (SSSR count). The normalized spacial score (nSPS) is 10.3. The lowest BCUT2D eigenvalue weighted by Crippen LogP contribution is -1.94. The zero-order chi connectivity index (χ0) is 14.8. The second-order valence-corrected chi connectivity index (χ2v) is 4.21. The fourth-order valence-electron chi connectivity index (χ4n) is 1.93. The van der Waals surface area contributed by atoms with E-state index >= 15 is 0 Å². The summed E-state index contributed by atoms with van der Waals surface area (Å²) in [5, 5.41) is 8.70. The maximum absolute atomic E-state index is 13.8. The van der Waals surface area contributed by atoms with Crippen LogP contribution in [-0.2, 0) is 0 Å². The number of halogens is 1. The third-order valence-corrected chi connectivity index (χ3v) is 2.91. The molecule has 102 valence electrons. The van der Waals surface area contributed by atoms with Crippen LogP contribution < -0.4 is 4.74 Å². The molecule has 3 aromatic rings. The van der Waals surface area contributed by atoms with E-state index in [1.54, 1.807) is 28.8 Å². The molecular weight excluding hydrogens is 273 g/mol. The second-order valence-electron chi connectivity index (χ2n) is 4.21. The first-order valence-electron chi connectivity index (χ1n) is 6.02. The summed E-state index contributed by atoms with van der Waals surface area (Å²) >= 11 is 0. The summed E-state index contributed by atoms with van der Waals surface area (Å²) in [6.07, 6.45) is 2.25. The van der Waals surface area contributed by atoms with E-state index in [-0.39, 0.29) is 22.9 Å². The van der Waals surface area contributed by atoms with Crippen LogP contribution in [0.3, 0.4) is 0 Å². The number of hydrogen-bond acceptors (Lipinski definition) is 4. The first-order valence-corrected chi connectivity index (χ1v) is 6.02. The smallest absolute Gasteiger partial charge is 0.249 e. The molecule has 0 unspecified atom stereocenters. The molecule has 0 aliphatic carbocycles. The molecule has 0 amide bonds. The minimum atomic E-state index is -0.692. The van der Waals surface area contributed by atoms with Gasteiger partial charge in [0.25, 0.3) is 0 Å². The molecule has 0 radical (unpaired) electrons. The van der Waals surface area contributed by atoms with E-state index in [1.807, 2.05) is 6.07 Å². The largest absolute Gasteiger partial charge is 0.434 e. The summed E-state index contributed by atoms with van der Waals surface area (Å²) in [6.45, 7) is 0. The maximum Gasteiger partial charge on any atom is 0.249 e. The van der Waals surface area contributed by atoms with E-state index in [2.05, 4.69) is 4.98 Å². The SMILES string of the molecule is N#Cc1ccc(Oc2nc3ccccn3c2C=O)c(F)c1. The van der Waals surface area contributed by atoms with E-state index in [9.17, 15) is 9.18 Å². The monoisotopic (exact) mass is 281 g/mol. The summed E-state index contributed by atoms with van der Waals surface area (Å²) < 4.78 is 20.7. The van der Waals surface area contributed by atoms with Gasteiger partial charge in [0.05, 0.1) is 11.6 Å². The Morgan fingerprint density at radius 2 is 2.19 bits per heavy atom. The van der Waals surface area contributed by atoms with Crippen LogP contribution in [0.25, 0.3) is 5.65 Å². The van der Waals surface area contributed by atoms with Gasteiger partial charge in [-0.2, -0.15) is 10.2 Å². The van der Waals surface area contributed by atoms with Crippen molar-refractivity contribution < 1.29 is 13.9 Å². The highest BCUT2D eigenvalue weighted by Crippen LogP contribution is 2.27. The molecular formula is C15H8FN3O2. The summed E-state index contributed by atoms with van der Waals surface area (Å²) in [4.78, 5) is 15.3. The number of pyridine rings is 1. The lowest BCUT2D eigenvalue weighted by atomic mass is 10.2. The Hall–Kier alpha value is -3.20. The van der Waals surface area contributed by atoms with Crippen LogP contribution in [0.2, 0.25) is 0 Å². The fraction of sp³-hybridized carbons (Fsp3) is 0. The van der Waals surface area contributed by atoms with Crippen molar-refractivity contribution >= 4 is 11.9 Å². The molecule has 0 aliphatic rings. The van der Waals surface area contributed by atoms with Crippen LogP contribution in [-0.4, -0.2) is 15.7 Å². The molecule has 1 aromatic carbocycles. The minimum Gasteiger partial charge on any atom is -0.434 e. The van der Waals surface area contributed by atoms with Crippen LogP contribution in [0.5, 0.6) is 11.6 Å². The standard InChI is InChI=1S/C15H8FN3O2/c16-11-7-10(8-17)4-5-13(11)21-15-12(9-20)19-6-2-1-3-14(19)18-15/h1-7,9H. The number of carbonyl (C=O) groups excluding carboxylic acids is 1. The van der Waals surface area contributed by atoms with Crippen molar-refractivity contribution in [3.8, 4) is 17.7 Å². The number of rotatable bonds is 3. The number of nitrogens with zero attached hydrogens (tertiary/aromatic N) is 3. The van der Waals surface area contributed by atoms with Crippen LogP contribution in [0.4, 0.5) is 4.39 Å². The van der Waals surface area contributed by atoms with Gasteiger partial charge in [-0.3, -0.25) is 9.20 Å². The van der Waals surface area contributed by atoms with Crippen molar-refractivity contribution in [1.82, 2.24) is 9.38 Å². The molecule has 0 saturated carbocycles. The lowest BCUT2D eigenvalue weighted by molar-refractivity contribution is 0.111. The highest BCUT2D eigenvalue weighted by atomic mass is 19.1. The summed E-state index contributed by atoms with van der Waals surface area (Å²) in [5.41, 5.74) is 0.892. The number of benzene rings is 1. The van der Waals surface area contributed by atoms with Gasteiger partial charge in [0, 0.05) is 6.20 Å². The Balaban J connectivity index is 2.06. The van der Waals surface area contributed by atoms with Gasteiger partial charge in [-0.05, 0) is 30.3 Å². The van der Waals surface area contributed by atoms with Crippen molar-refractivity contribution in [1.29, 1.82) is 5.26 Å². The molecule has 6 heteroatoms. The maximum atomic E-state index is 13.8. The van der Waals surface area contributed by atoms with E-state index in [0.717, 1.165) is 6.07 Å². The number of nitriles is 1. The topological polar surface area (TPSA) is 67.4 Å². The van der Waals surface area contributed by atoms with Crippen molar-refractivity contribution in [2.75, 3.05) is 0 Å². The molecule has 0 bridgehead atoms. The number of imidazole rings is 1. The van der Waals surface area contributed by atoms with Gasteiger partial charge in [0.15, 0.2) is 23.5 Å². The van der Waals surface area contributed by atoms with Gasteiger partial charge in [0.2, 0.25) is 5.88 Å². The Morgan fingerprint density at radius 3 is 2.90 bits per heavy atom. The van der Waals surface area contributed by atoms with Crippen molar-refractivity contribution in [2.24, 2.45) is 0 Å². The summed E-state index contributed by atoms with van der Waals surface area (Å²) in [5.74, 6) is -0.775. The van der Waals surface area contributed by atoms with Gasteiger partial charge < -0.3 is 4.74 Å². The van der Waals surface area contributed by atoms with Crippen LogP contribution in [0.15, 0.2) is 42.6 Å². The van der Waals surface area contributed by atoms with Crippen LogP contribution >= 0.6 is 0 Å². The highest BCUT2D eigenvalue weighted by molar-refractivity contribution is 5.78. The first-order chi connectivity index (χ1) is 10.2. The van der Waals surface area contributed by atoms with E-state index < -0.39 is 5.82 Å². The molecule has 0 atom stereocenters. The predicted octanol–water partition coefficient (Wildman–Crippen LogP) is 2.95. The minimum absolute atomic E-state index is 0.0137. The van der Waals surface area contributed by atoms with Crippen molar-refractivity contribution in [3.05, 3.63) is 59.7 Å². The average molecular weight is 281 g/mol. The molecule has 0 saturated heterocycles. The lowest BCUT2D eigenvalue weighted by Gasteiger charge is -2.04. The van der Waals surface area contributed by atoms with Crippen molar-refractivity contribution in [3.63, 3.8) is 0 Å². The van der Waals surface area contributed by atoms with Gasteiger partial charge in [-0.1, -0.05) is 6.07 Å². The number of fused-ring (bicyclic) bond motifs is 1. The van der Waals surface area contributed by atoms with Gasteiger partial charge in [0.1, 0.15) is 5.65 Å². The molecule has 0 aliphatic heterocycles. The Bertz CT molecular complexity index is 880. The fourth-order valence-corrected chi connectivity index (χ4v) is 1.93. The number of hydrogen-bond donors (Lipinski definition) is 0. The third-order valence-electron chi connectivity index (χ3n) is 2.91. The number of carbonyl (C=O) groups is 1. The van der Waals surface area contributed by atoms with E-state index in [1.165, 1.54) is 12.1 Å². The first kappa shape index (κ1) is 12.8. The zero-order valence-corrected chi connectivity index (χ0v) is 10.7. The predicted molar refractivity (Wildman–Crippen MR) is 71.8 cm³/mol. The molecule has 0 spiro atoms. The number of aldehydes is 1. The quantitative estimate of drug-likeness (QED) is 0.692. The second kappa shape index (κ2) is 5.06. The summed E-state index contributed by atoms with van der Waals surface area (Å²) in [6, 6.07) is 10.9. The Labute approximate surface area is 118 Å². The number of aromatic nitrogens is 2. The molecule has 21 heavy (non-hydrogen) atoms. The summed E-state index contributed by atoms with van der Waals surface area (Å²) in [7, 11) is 0. The van der Waals surface area contributed by atoms with Gasteiger partial charge in [-0.25, -0.2) is 4.39 Å². The molecule has 2 aromatic heterocycles. The zero-order valence-electron chi connectivity index (χ0n) is 10.7. The average Bonchev–Trinajstić information content (AvgIpc) is 2.86. The van der Waals surface area contributed by atoms with Gasteiger partial charge in [-0.15, -0.1) is 0 Å². The van der Waals surface area contributed by atoms with Gasteiger partial charge >= 0.3 is 0 Å².